The number of nitrogens with zero attached hydrogens (tertiary/aromatic N) is 2. The van der Waals surface area contributed by atoms with Crippen LogP contribution in [0.1, 0.15) is 32.1 Å². The molecule has 1 aliphatic rings. The van der Waals surface area contributed by atoms with Crippen molar-refractivity contribution in [2.24, 2.45) is 0 Å². The second-order valence-corrected chi connectivity index (χ2v) is 5.70. The van der Waals surface area contributed by atoms with E-state index in [2.05, 4.69) is 9.97 Å². The van der Waals surface area contributed by atoms with E-state index in [0.29, 0.717) is 10.3 Å². The molecule has 15 heavy (non-hydrogen) atoms. The van der Waals surface area contributed by atoms with Crippen LogP contribution in [0.5, 0.6) is 0 Å². The van der Waals surface area contributed by atoms with Crippen LogP contribution in [0, 0.1) is 0 Å². The summed E-state index contributed by atoms with van der Waals surface area (Å²) in [7, 11) is 0. The highest BCUT2D eigenvalue weighted by molar-refractivity contribution is 8.00. The monoisotopic (exact) mass is 262 g/mol. The zero-order valence-electron chi connectivity index (χ0n) is 8.25. The van der Waals surface area contributed by atoms with Gasteiger partial charge in [-0.05, 0) is 24.4 Å². The highest BCUT2D eigenvalue weighted by Crippen LogP contribution is 2.35. The highest BCUT2D eigenvalue weighted by Gasteiger charge is 2.17. The van der Waals surface area contributed by atoms with Crippen LogP contribution in [0.25, 0.3) is 0 Å². The van der Waals surface area contributed by atoms with Gasteiger partial charge in [0.25, 0.3) is 0 Å². The van der Waals surface area contributed by atoms with Gasteiger partial charge in [-0.15, -0.1) is 11.8 Å². The van der Waals surface area contributed by atoms with E-state index < -0.39 is 0 Å². The maximum Gasteiger partial charge on any atom is 0.223 e. The molecule has 1 aromatic heterocycles. The van der Waals surface area contributed by atoms with Gasteiger partial charge >= 0.3 is 0 Å². The highest BCUT2D eigenvalue weighted by atomic mass is 35.5. The van der Waals surface area contributed by atoms with Crippen LogP contribution < -0.4 is 0 Å². The van der Waals surface area contributed by atoms with E-state index >= 15 is 0 Å². The third kappa shape index (κ3) is 3.23. The molecule has 0 amide bonds. The average Bonchev–Trinajstić information content (AvgIpc) is 2.25. The van der Waals surface area contributed by atoms with Gasteiger partial charge in [-0.2, -0.15) is 0 Å². The van der Waals surface area contributed by atoms with Crippen molar-refractivity contribution in [1.82, 2.24) is 9.97 Å². The molecule has 0 radical (unpaired) electrons. The minimum atomic E-state index is 0.276. The standard InChI is InChI=1S/C10H12Cl2N2S/c11-8-6-13-10(12)14-9(8)15-7-4-2-1-3-5-7/h6-7H,1-5H2. The molecule has 5 heteroatoms. The number of aromatic nitrogens is 2. The molecule has 2 nitrogen and oxygen atoms in total. The zero-order valence-corrected chi connectivity index (χ0v) is 10.6. The lowest BCUT2D eigenvalue weighted by atomic mass is 10.0. The normalized spacial score (nSPS) is 18.0. The first-order valence-corrected chi connectivity index (χ1v) is 6.74. The van der Waals surface area contributed by atoms with Crippen molar-refractivity contribution in [3.05, 3.63) is 16.5 Å². The van der Waals surface area contributed by atoms with Gasteiger partial charge in [0.15, 0.2) is 0 Å². The summed E-state index contributed by atoms with van der Waals surface area (Å²) >= 11 is 13.5. The van der Waals surface area contributed by atoms with E-state index in [0.717, 1.165) is 5.03 Å². The van der Waals surface area contributed by atoms with Crippen LogP contribution in [0.3, 0.4) is 0 Å². The Morgan fingerprint density at radius 3 is 2.67 bits per heavy atom. The van der Waals surface area contributed by atoms with Crippen molar-refractivity contribution >= 4 is 35.0 Å². The number of halogens is 2. The average molecular weight is 263 g/mol. The SMILES string of the molecule is Clc1ncc(Cl)c(SC2CCCCC2)n1. The third-order valence-corrected chi connectivity index (χ3v) is 4.42. The van der Waals surface area contributed by atoms with Gasteiger partial charge in [0.05, 0.1) is 11.2 Å². The lowest BCUT2D eigenvalue weighted by Crippen LogP contribution is -2.08. The molecule has 0 atom stereocenters. The molecular weight excluding hydrogens is 251 g/mol. The molecule has 82 valence electrons. The first-order valence-electron chi connectivity index (χ1n) is 5.10. The van der Waals surface area contributed by atoms with Crippen molar-refractivity contribution in [2.45, 2.75) is 42.4 Å². The number of thioether (sulfide) groups is 1. The van der Waals surface area contributed by atoms with Crippen LogP contribution in [-0.4, -0.2) is 15.2 Å². The first-order chi connectivity index (χ1) is 7.25. The summed E-state index contributed by atoms with van der Waals surface area (Å²) in [6.45, 7) is 0. The summed E-state index contributed by atoms with van der Waals surface area (Å²) in [4.78, 5) is 7.99. The van der Waals surface area contributed by atoms with Crippen LogP contribution >= 0.6 is 35.0 Å². The lowest BCUT2D eigenvalue weighted by Gasteiger charge is -2.20. The fourth-order valence-electron chi connectivity index (χ4n) is 1.75. The lowest BCUT2D eigenvalue weighted by molar-refractivity contribution is 0.515. The Balaban J connectivity index is 2.05. The molecule has 0 N–H and O–H groups in total. The Labute approximate surface area is 104 Å². The van der Waals surface area contributed by atoms with E-state index in [-0.39, 0.29) is 5.28 Å². The summed E-state index contributed by atoms with van der Waals surface area (Å²) in [6, 6.07) is 0. The minimum absolute atomic E-state index is 0.276. The van der Waals surface area contributed by atoms with Gasteiger partial charge < -0.3 is 0 Å². The third-order valence-electron chi connectivity index (χ3n) is 2.51. The molecular formula is C10H12Cl2N2S. The van der Waals surface area contributed by atoms with Crippen molar-refractivity contribution in [3.63, 3.8) is 0 Å². The molecule has 1 saturated carbocycles. The molecule has 0 aromatic carbocycles. The van der Waals surface area contributed by atoms with E-state index in [9.17, 15) is 0 Å². The van der Waals surface area contributed by atoms with Gasteiger partial charge in [-0.25, -0.2) is 9.97 Å². The molecule has 0 saturated heterocycles. The van der Waals surface area contributed by atoms with E-state index in [1.165, 1.54) is 32.1 Å². The first kappa shape index (κ1) is 11.5. The maximum atomic E-state index is 6.01. The smallest absolute Gasteiger partial charge is 0.223 e. The van der Waals surface area contributed by atoms with Crippen LogP contribution in [-0.2, 0) is 0 Å². The predicted octanol–water partition coefficient (Wildman–Crippen LogP) is 4.21. The molecule has 1 fully saturated rings. The Bertz CT molecular complexity index is 340. The molecule has 2 rings (SSSR count). The van der Waals surface area contributed by atoms with Crippen LogP contribution in [0.4, 0.5) is 0 Å². The quantitative estimate of drug-likeness (QED) is 0.590. The van der Waals surface area contributed by atoms with E-state index in [4.69, 9.17) is 23.2 Å². The van der Waals surface area contributed by atoms with Gasteiger partial charge in [-0.3, -0.25) is 0 Å². The largest absolute Gasteiger partial charge is 0.225 e. The van der Waals surface area contributed by atoms with Gasteiger partial charge in [0.2, 0.25) is 5.28 Å². The summed E-state index contributed by atoms with van der Waals surface area (Å²) in [6.07, 6.45) is 8.06. The molecule has 1 aromatic rings. The zero-order chi connectivity index (χ0) is 10.7. The summed E-state index contributed by atoms with van der Waals surface area (Å²) in [5, 5.41) is 2.35. The number of hydrogen-bond acceptors (Lipinski definition) is 3. The fourth-order valence-corrected chi connectivity index (χ4v) is 3.35. The molecule has 0 aliphatic heterocycles. The Morgan fingerprint density at radius 2 is 1.93 bits per heavy atom. The van der Waals surface area contributed by atoms with E-state index in [1.807, 2.05) is 0 Å². The molecule has 0 spiro atoms. The Kier molecular flexibility index (Phi) is 4.12. The second-order valence-electron chi connectivity index (χ2n) is 3.67. The topological polar surface area (TPSA) is 25.8 Å². The van der Waals surface area contributed by atoms with Gasteiger partial charge in [0, 0.05) is 5.25 Å². The Morgan fingerprint density at radius 1 is 1.20 bits per heavy atom. The maximum absolute atomic E-state index is 6.01. The van der Waals surface area contributed by atoms with Crippen molar-refractivity contribution in [2.75, 3.05) is 0 Å². The van der Waals surface area contributed by atoms with Gasteiger partial charge in [-0.1, -0.05) is 30.9 Å². The van der Waals surface area contributed by atoms with Crippen molar-refractivity contribution < 1.29 is 0 Å². The number of hydrogen-bond donors (Lipinski definition) is 0. The summed E-state index contributed by atoms with van der Waals surface area (Å²) in [5.41, 5.74) is 0. The fraction of sp³-hybridized carbons (Fsp3) is 0.600. The summed E-state index contributed by atoms with van der Waals surface area (Å²) < 4.78 is 0. The molecule has 1 aliphatic carbocycles. The number of rotatable bonds is 2. The molecule has 0 bridgehead atoms. The minimum Gasteiger partial charge on any atom is -0.225 e. The predicted molar refractivity (Wildman–Crippen MR) is 64.8 cm³/mol. The van der Waals surface area contributed by atoms with Gasteiger partial charge in [0.1, 0.15) is 5.03 Å². The van der Waals surface area contributed by atoms with Crippen LogP contribution in [0.15, 0.2) is 11.2 Å². The molecule has 0 unspecified atom stereocenters. The van der Waals surface area contributed by atoms with E-state index in [1.54, 1.807) is 18.0 Å². The summed E-state index contributed by atoms with van der Waals surface area (Å²) in [5.74, 6) is 0. The van der Waals surface area contributed by atoms with Crippen LogP contribution in [0.2, 0.25) is 10.3 Å². The second kappa shape index (κ2) is 5.37. The van der Waals surface area contributed by atoms with Crippen molar-refractivity contribution in [3.8, 4) is 0 Å². The molecule has 1 heterocycles. The van der Waals surface area contributed by atoms with Crippen molar-refractivity contribution in [1.29, 1.82) is 0 Å². The Hall–Kier alpha value is 0.01000.